The third kappa shape index (κ3) is 7.35. The molecule has 2 unspecified atom stereocenters. The van der Waals surface area contributed by atoms with Gasteiger partial charge in [0, 0.05) is 0 Å². The van der Waals surface area contributed by atoms with Crippen molar-refractivity contribution in [3.63, 3.8) is 0 Å². The first-order valence-corrected chi connectivity index (χ1v) is 10.3. The summed E-state index contributed by atoms with van der Waals surface area (Å²) >= 11 is 4.11. The number of hydrogen-bond donors (Lipinski definition) is 4. The van der Waals surface area contributed by atoms with Crippen LogP contribution in [0.1, 0.15) is 31.7 Å². The van der Waals surface area contributed by atoms with Crippen LogP contribution in [0.5, 0.6) is 5.75 Å². The van der Waals surface area contributed by atoms with Gasteiger partial charge < -0.3 is 21.5 Å². The number of likely N-dealkylation sites (N-methyl/N-ethyl adjacent to an activating group) is 1. The number of phenolic OH excluding ortho intramolecular Hbond substituents is 1. The molecule has 0 bridgehead atoms. The number of carbonyl (C=O) groups is 2. The zero-order chi connectivity index (χ0) is 19.0. The Labute approximate surface area is 176 Å². The van der Waals surface area contributed by atoms with E-state index in [9.17, 15) is 14.7 Å². The first kappa shape index (κ1) is 22.6. The van der Waals surface area contributed by atoms with Gasteiger partial charge in [0.05, 0.1) is 19.2 Å². The van der Waals surface area contributed by atoms with Gasteiger partial charge in [-0.3, -0.25) is 9.59 Å². The second-order valence-corrected chi connectivity index (χ2v) is 8.23. The molecule has 8 heteroatoms. The van der Waals surface area contributed by atoms with E-state index in [1.54, 1.807) is 7.05 Å². The molecular formula is C17H25I2N3O3. The van der Waals surface area contributed by atoms with E-state index in [2.05, 4.69) is 55.8 Å². The summed E-state index contributed by atoms with van der Waals surface area (Å²) in [6, 6.07) is 2.73. The van der Waals surface area contributed by atoms with Crippen molar-refractivity contribution in [3.8, 4) is 5.75 Å². The van der Waals surface area contributed by atoms with Gasteiger partial charge in [-0.05, 0) is 103 Å². The van der Waals surface area contributed by atoms with Crippen molar-refractivity contribution in [3.05, 3.63) is 24.8 Å². The normalized spacial score (nSPS) is 13.3. The summed E-state index contributed by atoms with van der Waals surface area (Å²) in [5, 5.41) is 15.7. The van der Waals surface area contributed by atoms with E-state index in [4.69, 9.17) is 5.73 Å². The van der Waals surface area contributed by atoms with Crippen molar-refractivity contribution in [1.29, 1.82) is 0 Å². The molecule has 25 heavy (non-hydrogen) atoms. The summed E-state index contributed by atoms with van der Waals surface area (Å²) in [5.74, 6) is -0.0327. The van der Waals surface area contributed by atoms with Gasteiger partial charge in [0.25, 0.3) is 0 Å². The van der Waals surface area contributed by atoms with Crippen LogP contribution in [0.25, 0.3) is 0 Å². The van der Waals surface area contributed by atoms with Crippen LogP contribution in [0.3, 0.4) is 0 Å². The summed E-state index contributed by atoms with van der Waals surface area (Å²) in [5.41, 5.74) is 6.39. The number of unbranched alkanes of at least 4 members (excludes halogenated alkanes) is 1. The van der Waals surface area contributed by atoms with Crippen molar-refractivity contribution in [2.75, 3.05) is 13.6 Å². The number of halogens is 2. The lowest BCUT2D eigenvalue weighted by molar-refractivity contribution is -0.128. The van der Waals surface area contributed by atoms with Gasteiger partial charge in [0.2, 0.25) is 5.91 Å². The highest BCUT2D eigenvalue weighted by atomic mass is 127. The van der Waals surface area contributed by atoms with E-state index in [1.165, 1.54) is 6.92 Å². The number of hydrogen-bond acceptors (Lipinski definition) is 5. The summed E-state index contributed by atoms with van der Waals surface area (Å²) in [6.45, 7) is 2.08. The molecule has 1 aromatic carbocycles. The number of ketones is 1. The Balaban J connectivity index is 2.80. The summed E-state index contributed by atoms with van der Waals surface area (Å²) in [6.07, 6.45) is 2.80. The van der Waals surface area contributed by atoms with Crippen LogP contribution >= 0.6 is 45.2 Å². The molecule has 0 heterocycles. The van der Waals surface area contributed by atoms with E-state index in [0.29, 0.717) is 19.4 Å². The Morgan fingerprint density at radius 3 is 2.28 bits per heavy atom. The molecule has 1 rings (SSSR count). The fourth-order valence-corrected chi connectivity index (χ4v) is 4.34. The first-order valence-electron chi connectivity index (χ1n) is 8.15. The van der Waals surface area contributed by atoms with Crippen LogP contribution in [0.4, 0.5) is 0 Å². The molecule has 1 aromatic rings. The van der Waals surface area contributed by atoms with E-state index in [-0.39, 0.29) is 23.5 Å². The molecule has 0 saturated carbocycles. The third-order valence-electron chi connectivity index (χ3n) is 3.94. The molecule has 0 aliphatic rings. The van der Waals surface area contributed by atoms with Gasteiger partial charge in [-0.1, -0.05) is 6.42 Å². The Kier molecular flexibility index (Phi) is 10.2. The minimum absolute atomic E-state index is 0.0942. The Hall–Kier alpha value is -0.460. The topological polar surface area (TPSA) is 104 Å². The van der Waals surface area contributed by atoms with Crippen LogP contribution in [0.2, 0.25) is 0 Å². The molecule has 0 radical (unpaired) electrons. The lowest BCUT2D eigenvalue weighted by Crippen LogP contribution is -2.49. The van der Waals surface area contributed by atoms with Gasteiger partial charge in [-0.2, -0.15) is 0 Å². The molecular weight excluding hydrogens is 548 g/mol. The Bertz CT molecular complexity index is 588. The SMILES string of the molecule is CNC(CCCCN)C(=O)NC(Cc1cc(I)c(O)c(I)c1)C(C)=O. The number of phenols is 1. The van der Waals surface area contributed by atoms with Crippen molar-refractivity contribution < 1.29 is 14.7 Å². The third-order valence-corrected chi connectivity index (χ3v) is 5.58. The first-order chi connectivity index (χ1) is 11.8. The lowest BCUT2D eigenvalue weighted by atomic mass is 10.0. The highest BCUT2D eigenvalue weighted by Crippen LogP contribution is 2.27. The maximum absolute atomic E-state index is 12.5. The summed E-state index contributed by atoms with van der Waals surface area (Å²) in [4.78, 5) is 24.4. The molecule has 0 aliphatic heterocycles. The minimum Gasteiger partial charge on any atom is -0.506 e. The maximum atomic E-state index is 12.5. The predicted molar refractivity (Wildman–Crippen MR) is 116 cm³/mol. The highest BCUT2D eigenvalue weighted by Gasteiger charge is 2.23. The van der Waals surface area contributed by atoms with Gasteiger partial charge in [0.1, 0.15) is 5.75 Å². The second-order valence-electron chi connectivity index (χ2n) is 5.91. The van der Waals surface area contributed by atoms with E-state index in [0.717, 1.165) is 25.5 Å². The van der Waals surface area contributed by atoms with Gasteiger partial charge in [0.15, 0.2) is 5.78 Å². The molecule has 1 amide bonds. The Morgan fingerprint density at radius 2 is 1.80 bits per heavy atom. The zero-order valence-electron chi connectivity index (χ0n) is 14.4. The maximum Gasteiger partial charge on any atom is 0.237 e. The van der Waals surface area contributed by atoms with Crippen molar-refractivity contribution in [2.24, 2.45) is 5.73 Å². The minimum atomic E-state index is -0.589. The number of rotatable bonds is 10. The number of Topliss-reactive ketones (excluding diaryl/α,β-unsaturated/α-hetero) is 1. The number of nitrogens with one attached hydrogen (secondary N) is 2. The molecule has 0 aliphatic carbocycles. The number of aromatic hydroxyl groups is 1. The summed E-state index contributed by atoms with van der Waals surface area (Å²) < 4.78 is 1.45. The van der Waals surface area contributed by atoms with Crippen LogP contribution < -0.4 is 16.4 Å². The summed E-state index contributed by atoms with van der Waals surface area (Å²) in [7, 11) is 1.74. The predicted octanol–water partition coefficient (Wildman–Crippen LogP) is 1.93. The number of amides is 1. The molecule has 5 N–H and O–H groups in total. The monoisotopic (exact) mass is 573 g/mol. The molecule has 0 spiro atoms. The van der Waals surface area contributed by atoms with Crippen LogP contribution in [-0.2, 0) is 16.0 Å². The molecule has 2 atom stereocenters. The smallest absolute Gasteiger partial charge is 0.237 e. The quantitative estimate of drug-likeness (QED) is 0.253. The lowest BCUT2D eigenvalue weighted by Gasteiger charge is -2.21. The zero-order valence-corrected chi connectivity index (χ0v) is 18.8. The average molecular weight is 573 g/mol. The van der Waals surface area contributed by atoms with E-state index < -0.39 is 6.04 Å². The number of benzene rings is 1. The number of nitrogens with two attached hydrogens (primary N) is 1. The highest BCUT2D eigenvalue weighted by molar-refractivity contribution is 14.1. The van der Waals surface area contributed by atoms with Gasteiger partial charge in [-0.25, -0.2) is 0 Å². The van der Waals surface area contributed by atoms with Crippen molar-refractivity contribution in [2.45, 2.75) is 44.7 Å². The fourth-order valence-electron chi connectivity index (χ4n) is 2.44. The standard InChI is InChI=1S/C17H25I2N3O3/c1-10(23)15(9-11-7-12(18)16(24)13(19)8-11)22-17(25)14(21-2)5-3-4-6-20/h7-8,14-15,21,24H,3-6,9,20H2,1-2H3,(H,22,25). The van der Waals surface area contributed by atoms with Crippen LogP contribution in [-0.4, -0.2) is 42.5 Å². The molecule has 6 nitrogen and oxygen atoms in total. The Morgan fingerprint density at radius 1 is 1.20 bits per heavy atom. The largest absolute Gasteiger partial charge is 0.506 e. The molecule has 0 fully saturated rings. The molecule has 0 saturated heterocycles. The molecule has 140 valence electrons. The van der Waals surface area contributed by atoms with Crippen LogP contribution in [0, 0.1) is 7.14 Å². The second kappa shape index (κ2) is 11.3. The van der Waals surface area contributed by atoms with Gasteiger partial charge in [-0.15, -0.1) is 0 Å². The van der Waals surface area contributed by atoms with Crippen LogP contribution in [0.15, 0.2) is 12.1 Å². The van der Waals surface area contributed by atoms with Gasteiger partial charge >= 0.3 is 0 Å². The number of carbonyl (C=O) groups excluding carboxylic acids is 2. The fraction of sp³-hybridized carbons (Fsp3) is 0.529. The van der Waals surface area contributed by atoms with E-state index >= 15 is 0 Å². The van der Waals surface area contributed by atoms with E-state index in [1.807, 2.05) is 12.1 Å². The average Bonchev–Trinajstić information content (AvgIpc) is 2.55. The van der Waals surface area contributed by atoms with Crippen molar-refractivity contribution >= 4 is 56.9 Å². The molecule has 0 aromatic heterocycles. The van der Waals surface area contributed by atoms with Crippen molar-refractivity contribution in [1.82, 2.24) is 10.6 Å².